The van der Waals surface area contributed by atoms with E-state index in [1.54, 1.807) is 10.7 Å². The highest BCUT2D eigenvalue weighted by molar-refractivity contribution is 9.10. The number of aryl methyl sites for hydroxylation is 2. The minimum absolute atomic E-state index is 0.229. The fourth-order valence-electron chi connectivity index (χ4n) is 1.74. The average Bonchev–Trinajstić information content (AvgIpc) is 2.78. The maximum atomic E-state index is 10.1. The van der Waals surface area contributed by atoms with Crippen LogP contribution in [0.3, 0.4) is 0 Å². The summed E-state index contributed by atoms with van der Waals surface area (Å²) in [5, 5.41) is 14.6. The van der Waals surface area contributed by atoms with Gasteiger partial charge in [-0.2, -0.15) is 5.10 Å². The monoisotopic (exact) mass is 318 g/mol. The first-order valence-corrected chi connectivity index (χ1v) is 6.26. The van der Waals surface area contributed by atoms with Gasteiger partial charge in [-0.25, -0.2) is 0 Å². The molecule has 0 aliphatic heterocycles. The van der Waals surface area contributed by atoms with Crippen molar-refractivity contribution in [3.8, 4) is 0 Å². The molecule has 0 aromatic carbocycles. The number of furan rings is 1. The smallest absolute Gasteiger partial charge is 0.198 e. The summed E-state index contributed by atoms with van der Waals surface area (Å²) in [5.74, 6) is 0. The Morgan fingerprint density at radius 1 is 1.65 bits per heavy atom. The van der Waals surface area contributed by atoms with Crippen LogP contribution < -0.4 is 0 Å². The molecule has 17 heavy (non-hydrogen) atoms. The minimum Gasteiger partial charge on any atom is -0.453 e. The predicted octanol–water partition coefficient (Wildman–Crippen LogP) is 3.01. The van der Waals surface area contributed by atoms with Crippen molar-refractivity contribution < 1.29 is 9.52 Å². The molecule has 0 fully saturated rings. The van der Waals surface area contributed by atoms with Gasteiger partial charge in [-0.3, -0.25) is 4.68 Å². The number of halogens is 2. The van der Waals surface area contributed by atoms with Gasteiger partial charge < -0.3 is 9.52 Å². The van der Waals surface area contributed by atoms with Crippen LogP contribution in [-0.4, -0.2) is 14.9 Å². The Hall–Kier alpha value is -0.780. The number of aromatic nitrogens is 2. The molecule has 2 heterocycles. The Balaban J connectivity index is 2.24. The average molecular weight is 320 g/mol. The maximum absolute atomic E-state index is 10.1. The summed E-state index contributed by atoms with van der Waals surface area (Å²) in [4.78, 5) is 0. The summed E-state index contributed by atoms with van der Waals surface area (Å²) in [5.41, 5.74) is 2.41. The first-order valence-electron chi connectivity index (χ1n) is 5.09. The number of aliphatic hydroxyl groups is 1. The molecule has 0 bridgehead atoms. The molecular weight excluding hydrogens is 307 g/mol. The van der Waals surface area contributed by atoms with Crippen molar-refractivity contribution in [3.63, 3.8) is 0 Å². The minimum atomic E-state index is -0.702. The molecule has 0 aliphatic rings. The zero-order valence-corrected chi connectivity index (χ0v) is 11.8. The van der Waals surface area contributed by atoms with Gasteiger partial charge in [-0.1, -0.05) is 0 Å². The molecule has 1 N–H and O–H groups in total. The van der Waals surface area contributed by atoms with Crippen LogP contribution in [0, 0.1) is 6.92 Å². The van der Waals surface area contributed by atoms with Gasteiger partial charge in [0.25, 0.3) is 0 Å². The van der Waals surface area contributed by atoms with E-state index in [1.165, 1.54) is 6.26 Å². The van der Waals surface area contributed by atoms with Gasteiger partial charge in [0.2, 0.25) is 0 Å². The number of aliphatic hydroxyl groups excluding tert-OH is 1. The zero-order chi connectivity index (χ0) is 12.6. The van der Waals surface area contributed by atoms with Crippen LogP contribution in [0.2, 0.25) is 5.22 Å². The Bertz CT molecular complexity index is 536. The van der Waals surface area contributed by atoms with Gasteiger partial charge in [0.05, 0.1) is 28.2 Å². The fourth-order valence-corrected chi connectivity index (χ4v) is 2.48. The Labute approximate surface area is 112 Å². The molecule has 6 heteroatoms. The topological polar surface area (TPSA) is 51.2 Å². The second-order valence-electron chi connectivity index (χ2n) is 3.84. The van der Waals surface area contributed by atoms with Crippen molar-refractivity contribution in [2.24, 2.45) is 7.05 Å². The van der Waals surface area contributed by atoms with E-state index in [9.17, 15) is 5.11 Å². The molecule has 2 rings (SSSR count). The van der Waals surface area contributed by atoms with E-state index in [0.717, 1.165) is 15.9 Å². The van der Waals surface area contributed by atoms with Crippen molar-refractivity contribution in [2.45, 2.75) is 19.4 Å². The molecule has 2 aromatic heterocycles. The quantitative estimate of drug-likeness (QED) is 0.946. The molecule has 0 spiro atoms. The summed E-state index contributed by atoms with van der Waals surface area (Å²) in [6.45, 7) is 1.91. The fraction of sp³-hybridized carbons (Fsp3) is 0.364. The van der Waals surface area contributed by atoms with Crippen molar-refractivity contribution in [2.75, 3.05) is 0 Å². The standard InChI is InChI=1S/C11H12BrClN2O2/c1-6-10(12)8(15(2)14-6)5-9(16)7-3-4-17-11(7)13/h3-4,9,16H,5H2,1-2H3. The van der Waals surface area contributed by atoms with Gasteiger partial charge >= 0.3 is 0 Å². The van der Waals surface area contributed by atoms with E-state index in [1.807, 2.05) is 14.0 Å². The van der Waals surface area contributed by atoms with E-state index >= 15 is 0 Å². The molecule has 0 radical (unpaired) electrons. The molecule has 1 atom stereocenters. The normalized spacial score (nSPS) is 13.0. The van der Waals surface area contributed by atoms with Gasteiger partial charge in [0, 0.05) is 19.0 Å². The number of hydrogen-bond acceptors (Lipinski definition) is 3. The van der Waals surface area contributed by atoms with Crippen LogP contribution >= 0.6 is 27.5 Å². The Morgan fingerprint density at radius 3 is 2.82 bits per heavy atom. The Kier molecular flexibility index (Phi) is 3.61. The van der Waals surface area contributed by atoms with E-state index < -0.39 is 6.10 Å². The third kappa shape index (κ3) is 2.41. The molecular formula is C11H12BrClN2O2. The van der Waals surface area contributed by atoms with Gasteiger partial charge in [-0.05, 0) is 40.5 Å². The Morgan fingerprint density at radius 2 is 2.35 bits per heavy atom. The van der Waals surface area contributed by atoms with Crippen LogP contribution in [0.15, 0.2) is 21.2 Å². The van der Waals surface area contributed by atoms with Gasteiger partial charge in [-0.15, -0.1) is 0 Å². The molecule has 0 amide bonds. The predicted molar refractivity (Wildman–Crippen MR) is 68.0 cm³/mol. The summed E-state index contributed by atoms with van der Waals surface area (Å²) >= 11 is 9.29. The van der Waals surface area contributed by atoms with Crippen LogP contribution in [0.25, 0.3) is 0 Å². The molecule has 92 valence electrons. The molecule has 0 aliphatic carbocycles. The molecule has 0 saturated carbocycles. The van der Waals surface area contributed by atoms with Crippen molar-refractivity contribution in [1.29, 1.82) is 0 Å². The largest absolute Gasteiger partial charge is 0.453 e. The highest BCUT2D eigenvalue weighted by Crippen LogP contribution is 2.29. The highest BCUT2D eigenvalue weighted by atomic mass is 79.9. The lowest BCUT2D eigenvalue weighted by atomic mass is 10.1. The number of nitrogens with zero attached hydrogens (tertiary/aromatic N) is 2. The van der Waals surface area contributed by atoms with Gasteiger partial charge in [0.15, 0.2) is 5.22 Å². The van der Waals surface area contributed by atoms with E-state index in [-0.39, 0.29) is 5.22 Å². The second kappa shape index (κ2) is 4.84. The van der Waals surface area contributed by atoms with Crippen molar-refractivity contribution in [1.82, 2.24) is 9.78 Å². The van der Waals surface area contributed by atoms with Crippen LogP contribution in [-0.2, 0) is 13.5 Å². The number of rotatable bonds is 3. The van der Waals surface area contributed by atoms with Gasteiger partial charge in [0.1, 0.15) is 0 Å². The maximum Gasteiger partial charge on any atom is 0.198 e. The summed E-state index contributed by atoms with van der Waals surface area (Å²) < 4.78 is 7.62. The number of hydrogen-bond donors (Lipinski definition) is 1. The first-order chi connectivity index (χ1) is 8.00. The first kappa shape index (κ1) is 12.7. The van der Waals surface area contributed by atoms with E-state index in [0.29, 0.717) is 12.0 Å². The SMILES string of the molecule is Cc1nn(C)c(CC(O)c2ccoc2Cl)c1Br. The van der Waals surface area contributed by atoms with E-state index in [4.69, 9.17) is 16.0 Å². The summed E-state index contributed by atoms with van der Waals surface area (Å²) in [7, 11) is 1.84. The van der Waals surface area contributed by atoms with Crippen LogP contribution in [0.4, 0.5) is 0 Å². The third-order valence-electron chi connectivity index (χ3n) is 2.65. The third-order valence-corrected chi connectivity index (χ3v) is 3.99. The second-order valence-corrected chi connectivity index (χ2v) is 4.98. The molecule has 0 saturated heterocycles. The van der Waals surface area contributed by atoms with Crippen LogP contribution in [0.5, 0.6) is 0 Å². The lowest BCUT2D eigenvalue weighted by Crippen LogP contribution is -2.06. The highest BCUT2D eigenvalue weighted by Gasteiger charge is 2.19. The zero-order valence-electron chi connectivity index (χ0n) is 9.44. The van der Waals surface area contributed by atoms with Crippen LogP contribution in [0.1, 0.15) is 23.1 Å². The van der Waals surface area contributed by atoms with E-state index in [2.05, 4.69) is 21.0 Å². The lowest BCUT2D eigenvalue weighted by molar-refractivity contribution is 0.175. The summed E-state index contributed by atoms with van der Waals surface area (Å²) in [6.07, 6.45) is 1.19. The lowest BCUT2D eigenvalue weighted by Gasteiger charge is -2.09. The molecule has 1 unspecified atom stereocenters. The van der Waals surface area contributed by atoms with Crippen molar-refractivity contribution in [3.05, 3.63) is 39.0 Å². The summed E-state index contributed by atoms with van der Waals surface area (Å²) in [6, 6.07) is 1.67. The molecule has 4 nitrogen and oxygen atoms in total. The molecule has 2 aromatic rings. The van der Waals surface area contributed by atoms with Crippen molar-refractivity contribution >= 4 is 27.5 Å².